The second kappa shape index (κ2) is 5.23. The van der Waals surface area contributed by atoms with E-state index in [0.29, 0.717) is 12.1 Å². The van der Waals surface area contributed by atoms with Crippen molar-refractivity contribution in [1.82, 2.24) is 7.96 Å². The van der Waals surface area contributed by atoms with Gasteiger partial charge in [0.2, 0.25) is 0 Å². The zero-order chi connectivity index (χ0) is 13.1. The Morgan fingerprint density at radius 1 is 1.11 bits per heavy atom. The molecule has 92 valence electrons. The molecule has 2 aromatic carbocycles. The number of nitrogens with zero attached hydrogens (tertiary/aromatic N) is 3. The molecular formula is C14H10N4Se. The predicted octanol–water partition coefficient (Wildman–Crippen LogP) is 2.17. The molecule has 0 spiro atoms. The van der Waals surface area contributed by atoms with Crippen LogP contribution in [0, 0.1) is 11.3 Å². The Kier molecular flexibility index (Phi) is 3.28. The van der Waals surface area contributed by atoms with Crippen molar-refractivity contribution in [3.8, 4) is 6.07 Å². The molecule has 0 aliphatic carbocycles. The molecule has 0 aliphatic heterocycles. The van der Waals surface area contributed by atoms with Crippen molar-refractivity contribution in [1.29, 1.82) is 5.26 Å². The number of rotatable bonds is 3. The van der Waals surface area contributed by atoms with Gasteiger partial charge in [-0.2, -0.15) is 0 Å². The summed E-state index contributed by atoms with van der Waals surface area (Å²) in [6, 6.07) is 15.7. The first-order valence-corrected chi connectivity index (χ1v) is 7.34. The van der Waals surface area contributed by atoms with E-state index in [0.717, 1.165) is 22.3 Å². The van der Waals surface area contributed by atoms with E-state index in [4.69, 9.17) is 5.26 Å². The summed E-state index contributed by atoms with van der Waals surface area (Å²) in [5.41, 5.74) is 4.78. The average molecular weight is 313 g/mol. The number of nitriles is 1. The number of aromatic nitrogens is 2. The number of nitrogens with one attached hydrogen (secondary N) is 1. The molecule has 0 aliphatic rings. The maximum absolute atomic E-state index is 8.76. The second-order valence-corrected chi connectivity index (χ2v) is 5.21. The Labute approximate surface area is 116 Å². The fraction of sp³-hybridized carbons (Fsp3) is 0.0714. The van der Waals surface area contributed by atoms with E-state index in [1.807, 2.05) is 42.5 Å². The van der Waals surface area contributed by atoms with Crippen molar-refractivity contribution in [2.45, 2.75) is 6.54 Å². The van der Waals surface area contributed by atoms with Gasteiger partial charge in [0.05, 0.1) is 0 Å². The van der Waals surface area contributed by atoms with Crippen molar-refractivity contribution in [2.24, 2.45) is 0 Å². The SMILES string of the molecule is N#Cc1ccc(CNc2cccc3n[se]nc23)cc1. The number of hydrogen-bond acceptors (Lipinski definition) is 4. The fourth-order valence-electron chi connectivity index (χ4n) is 1.84. The zero-order valence-corrected chi connectivity index (χ0v) is 11.7. The van der Waals surface area contributed by atoms with Gasteiger partial charge in [-0.15, -0.1) is 0 Å². The topological polar surface area (TPSA) is 61.6 Å². The number of fused-ring (bicyclic) bond motifs is 1. The summed E-state index contributed by atoms with van der Waals surface area (Å²) in [5.74, 6) is 0. The van der Waals surface area contributed by atoms with Gasteiger partial charge in [0.1, 0.15) is 0 Å². The summed E-state index contributed by atoms with van der Waals surface area (Å²) in [7, 11) is 0. The van der Waals surface area contributed by atoms with Crippen LogP contribution in [0.1, 0.15) is 11.1 Å². The van der Waals surface area contributed by atoms with Crippen LogP contribution in [-0.2, 0) is 6.54 Å². The Morgan fingerprint density at radius 3 is 2.74 bits per heavy atom. The van der Waals surface area contributed by atoms with Gasteiger partial charge in [0.25, 0.3) is 0 Å². The molecule has 0 amide bonds. The molecule has 0 saturated carbocycles. The van der Waals surface area contributed by atoms with Crippen molar-refractivity contribution >= 4 is 31.7 Å². The van der Waals surface area contributed by atoms with Gasteiger partial charge in [-0.05, 0) is 0 Å². The molecule has 19 heavy (non-hydrogen) atoms. The molecule has 5 heteroatoms. The van der Waals surface area contributed by atoms with E-state index in [-0.39, 0.29) is 15.0 Å². The summed E-state index contributed by atoms with van der Waals surface area (Å²) < 4.78 is 8.79. The van der Waals surface area contributed by atoms with Crippen molar-refractivity contribution in [3.05, 3.63) is 53.6 Å². The standard InChI is InChI=1S/C14H10N4Se/c15-8-10-4-6-11(7-5-10)9-16-12-2-1-3-13-14(12)18-19-17-13/h1-7,16H,9H2. The Morgan fingerprint density at radius 2 is 1.95 bits per heavy atom. The predicted molar refractivity (Wildman–Crippen MR) is 75.0 cm³/mol. The van der Waals surface area contributed by atoms with Gasteiger partial charge in [-0.3, -0.25) is 0 Å². The molecule has 0 radical (unpaired) electrons. The van der Waals surface area contributed by atoms with Crippen LogP contribution in [0.15, 0.2) is 42.5 Å². The van der Waals surface area contributed by atoms with Crippen LogP contribution in [0.25, 0.3) is 11.0 Å². The van der Waals surface area contributed by atoms with Gasteiger partial charge in [0, 0.05) is 0 Å². The molecule has 3 rings (SSSR count). The van der Waals surface area contributed by atoms with E-state index < -0.39 is 0 Å². The van der Waals surface area contributed by atoms with Crippen LogP contribution in [0.5, 0.6) is 0 Å². The molecule has 0 saturated heterocycles. The summed E-state index contributed by atoms with van der Waals surface area (Å²) in [4.78, 5) is 0. The molecule has 4 nitrogen and oxygen atoms in total. The third-order valence-corrected chi connectivity index (χ3v) is 3.99. The van der Waals surface area contributed by atoms with Gasteiger partial charge in [-0.1, -0.05) is 0 Å². The fourth-order valence-corrected chi connectivity index (χ4v) is 3.00. The van der Waals surface area contributed by atoms with E-state index in [9.17, 15) is 0 Å². The molecule has 1 N–H and O–H groups in total. The zero-order valence-electron chi connectivity index (χ0n) is 10.00. The monoisotopic (exact) mass is 314 g/mol. The summed E-state index contributed by atoms with van der Waals surface area (Å²) in [6.07, 6.45) is 0. The summed E-state index contributed by atoms with van der Waals surface area (Å²) in [5, 5.41) is 12.1. The molecule has 0 fully saturated rings. The quantitative estimate of drug-likeness (QED) is 0.753. The van der Waals surface area contributed by atoms with Crippen molar-refractivity contribution in [2.75, 3.05) is 5.32 Å². The Balaban J connectivity index is 1.78. The van der Waals surface area contributed by atoms with Gasteiger partial charge in [0.15, 0.2) is 0 Å². The van der Waals surface area contributed by atoms with Crippen LogP contribution in [-0.4, -0.2) is 22.9 Å². The van der Waals surface area contributed by atoms with Crippen LogP contribution in [0.2, 0.25) is 0 Å². The van der Waals surface area contributed by atoms with Gasteiger partial charge >= 0.3 is 116 Å². The Hall–Kier alpha value is -2.15. The second-order valence-electron chi connectivity index (χ2n) is 4.10. The third-order valence-electron chi connectivity index (χ3n) is 2.85. The Bertz CT molecular complexity index is 740. The number of hydrogen-bond donors (Lipinski definition) is 1. The van der Waals surface area contributed by atoms with Gasteiger partial charge in [-0.25, -0.2) is 0 Å². The number of anilines is 1. The normalized spacial score (nSPS) is 10.3. The summed E-state index contributed by atoms with van der Waals surface area (Å²) in [6.45, 7) is 0.713. The molecule has 1 heterocycles. The first-order valence-electron chi connectivity index (χ1n) is 5.81. The molecule has 1 aromatic heterocycles. The van der Waals surface area contributed by atoms with Gasteiger partial charge < -0.3 is 0 Å². The molecule has 0 atom stereocenters. The minimum absolute atomic E-state index is 0.00540. The molecule has 3 aromatic rings. The van der Waals surface area contributed by atoms with Crippen LogP contribution < -0.4 is 5.32 Å². The molecular weight excluding hydrogens is 303 g/mol. The van der Waals surface area contributed by atoms with E-state index >= 15 is 0 Å². The molecule has 0 unspecified atom stereocenters. The third kappa shape index (κ3) is 2.50. The average Bonchev–Trinajstić information content (AvgIpc) is 2.94. The minimum atomic E-state index is -0.00540. The van der Waals surface area contributed by atoms with Crippen molar-refractivity contribution in [3.63, 3.8) is 0 Å². The van der Waals surface area contributed by atoms with Crippen LogP contribution in [0.3, 0.4) is 0 Å². The van der Waals surface area contributed by atoms with Crippen LogP contribution >= 0.6 is 0 Å². The maximum atomic E-state index is 8.76. The van der Waals surface area contributed by atoms with E-state index in [1.54, 1.807) is 0 Å². The van der Waals surface area contributed by atoms with E-state index in [1.165, 1.54) is 0 Å². The first kappa shape index (κ1) is 11.9. The summed E-state index contributed by atoms with van der Waals surface area (Å²) >= 11 is -0.00540. The first-order chi connectivity index (χ1) is 9.36. The van der Waals surface area contributed by atoms with E-state index in [2.05, 4.69) is 19.3 Å². The van der Waals surface area contributed by atoms with Crippen LogP contribution in [0.4, 0.5) is 5.69 Å². The molecule has 0 bridgehead atoms. The number of benzene rings is 2. The van der Waals surface area contributed by atoms with Crippen molar-refractivity contribution < 1.29 is 0 Å².